The van der Waals surface area contributed by atoms with Gasteiger partial charge in [0.2, 0.25) is 0 Å². The molecule has 1 N–H and O–H groups in total. The van der Waals surface area contributed by atoms with E-state index in [1.165, 1.54) is 20.1 Å². The molecule has 0 saturated carbocycles. The quantitative estimate of drug-likeness (QED) is 0.875. The first kappa shape index (κ1) is 19.4. The Morgan fingerprint density at radius 2 is 1.92 bits per heavy atom. The fourth-order valence-corrected chi connectivity index (χ4v) is 3.72. The van der Waals surface area contributed by atoms with Gasteiger partial charge >= 0.3 is 0 Å². The molecule has 0 amide bonds. The largest absolute Gasteiger partial charge is 0.494 e. The zero-order valence-electron chi connectivity index (χ0n) is 14.7. The number of hydrogen-bond acceptors (Lipinski definition) is 4. The first-order chi connectivity index (χ1) is 11.1. The van der Waals surface area contributed by atoms with Crippen LogP contribution in [0.1, 0.15) is 18.9 Å². The predicted molar refractivity (Wildman–Crippen MR) is 97.5 cm³/mol. The molecule has 1 aromatic carbocycles. The van der Waals surface area contributed by atoms with Gasteiger partial charge in [0.1, 0.15) is 0 Å². The second-order valence-corrected chi connectivity index (χ2v) is 7.26. The molecule has 1 atom stereocenters. The van der Waals surface area contributed by atoms with Crippen LogP contribution in [-0.2, 0) is 6.54 Å². The average Bonchev–Trinajstić information content (AvgIpc) is 2.96. The Bertz CT molecular complexity index is 529. The second kappa shape index (κ2) is 8.48. The highest BCUT2D eigenvalue weighted by molar-refractivity contribution is 5.85. The van der Waals surface area contributed by atoms with E-state index < -0.39 is 0 Å². The molecule has 136 valence electrons. The van der Waals surface area contributed by atoms with Crippen LogP contribution in [0.25, 0.3) is 0 Å². The minimum atomic E-state index is -0.273. The molecule has 0 radical (unpaired) electrons. The Morgan fingerprint density at radius 3 is 2.50 bits per heavy atom. The number of hydrogen-bond donors (Lipinski definition) is 1. The van der Waals surface area contributed by atoms with Crippen LogP contribution in [0.5, 0.6) is 5.75 Å². The molecule has 3 rings (SSSR count). The lowest BCUT2D eigenvalue weighted by Gasteiger charge is -2.38. The van der Waals surface area contributed by atoms with Gasteiger partial charge in [0.15, 0.2) is 11.6 Å². The maximum atomic E-state index is 13.8. The van der Waals surface area contributed by atoms with E-state index in [1.807, 2.05) is 6.07 Å². The highest BCUT2D eigenvalue weighted by atomic mass is 35.5. The summed E-state index contributed by atoms with van der Waals surface area (Å²) in [7, 11) is 1.50. The number of ether oxygens (including phenoxy) is 1. The molecule has 2 aliphatic rings. The van der Waals surface area contributed by atoms with Crippen molar-refractivity contribution in [1.82, 2.24) is 15.1 Å². The molecule has 2 saturated heterocycles. The van der Waals surface area contributed by atoms with Crippen molar-refractivity contribution in [2.45, 2.75) is 19.9 Å². The van der Waals surface area contributed by atoms with Crippen molar-refractivity contribution in [3.63, 3.8) is 0 Å². The number of methoxy groups -OCH3 is 1. The van der Waals surface area contributed by atoms with Crippen molar-refractivity contribution in [2.24, 2.45) is 5.41 Å². The van der Waals surface area contributed by atoms with E-state index in [2.05, 4.69) is 22.0 Å². The molecule has 2 heterocycles. The van der Waals surface area contributed by atoms with Gasteiger partial charge in [-0.05, 0) is 36.1 Å². The van der Waals surface area contributed by atoms with Crippen LogP contribution in [-0.4, -0.2) is 62.7 Å². The first-order valence-electron chi connectivity index (χ1n) is 8.56. The van der Waals surface area contributed by atoms with E-state index in [1.54, 1.807) is 12.1 Å². The van der Waals surface area contributed by atoms with E-state index in [0.717, 1.165) is 51.4 Å². The minimum Gasteiger partial charge on any atom is -0.494 e. The fourth-order valence-electron chi connectivity index (χ4n) is 3.72. The summed E-state index contributed by atoms with van der Waals surface area (Å²) in [5.41, 5.74) is 1.45. The van der Waals surface area contributed by atoms with Crippen molar-refractivity contribution < 1.29 is 9.13 Å². The number of halogens is 2. The SMILES string of the molecule is COc1ccc(CN2CCN(CC3(C)CCNC3)CC2)cc1F.Cl. The van der Waals surface area contributed by atoms with Gasteiger partial charge in [-0.15, -0.1) is 12.4 Å². The molecule has 24 heavy (non-hydrogen) atoms. The molecule has 4 nitrogen and oxygen atoms in total. The number of nitrogens with one attached hydrogen (secondary N) is 1. The summed E-state index contributed by atoms with van der Waals surface area (Å²) >= 11 is 0. The Kier molecular flexibility index (Phi) is 6.87. The Balaban J connectivity index is 0.00000208. The summed E-state index contributed by atoms with van der Waals surface area (Å²) in [5.74, 6) is 0.0438. The van der Waals surface area contributed by atoms with E-state index >= 15 is 0 Å². The molecule has 0 aromatic heterocycles. The smallest absolute Gasteiger partial charge is 0.165 e. The van der Waals surface area contributed by atoms with Crippen molar-refractivity contribution in [3.8, 4) is 5.75 Å². The van der Waals surface area contributed by atoms with Crippen LogP contribution >= 0.6 is 12.4 Å². The Morgan fingerprint density at radius 1 is 1.21 bits per heavy atom. The molecule has 1 aromatic rings. The third-order valence-corrected chi connectivity index (χ3v) is 5.15. The lowest BCUT2D eigenvalue weighted by molar-refractivity contribution is 0.0932. The fraction of sp³-hybridized carbons (Fsp3) is 0.667. The maximum absolute atomic E-state index is 13.8. The van der Waals surface area contributed by atoms with Crippen LogP contribution in [0.4, 0.5) is 4.39 Å². The third kappa shape index (κ3) is 4.82. The maximum Gasteiger partial charge on any atom is 0.165 e. The van der Waals surface area contributed by atoms with E-state index in [-0.39, 0.29) is 18.2 Å². The summed E-state index contributed by atoms with van der Waals surface area (Å²) < 4.78 is 18.8. The second-order valence-electron chi connectivity index (χ2n) is 7.26. The van der Waals surface area contributed by atoms with Crippen molar-refractivity contribution in [3.05, 3.63) is 29.6 Å². The van der Waals surface area contributed by atoms with Crippen LogP contribution < -0.4 is 10.1 Å². The summed E-state index contributed by atoms with van der Waals surface area (Å²) in [5, 5.41) is 3.48. The first-order valence-corrected chi connectivity index (χ1v) is 8.56. The molecule has 2 aliphatic heterocycles. The topological polar surface area (TPSA) is 27.7 Å². The number of benzene rings is 1. The highest BCUT2D eigenvalue weighted by Gasteiger charge is 2.31. The summed E-state index contributed by atoms with van der Waals surface area (Å²) in [4.78, 5) is 4.99. The highest BCUT2D eigenvalue weighted by Crippen LogP contribution is 2.26. The zero-order valence-corrected chi connectivity index (χ0v) is 15.5. The van der Waals surface area contributed by atoms with Crippen LogP contribution in [0.15, 0.2) is 18.2 Å². The van der Waals surface area contributed by atoms with Gasteiger partial charge in [-0.2, -0.15) is 0 Å². The van der Waals surface area contributed by atoms with Crippen molar-refractivity contribution in [2.75, 3.05) is 52.9 Å². The van der Waals surface area contributed by atoms with Gasteiger partial charge in [0, 0.05) is 45.8 Å². The molecular formula is C18H29ClFN3O. The van der Waals surface area contributed by atoms with Crippen LogP contribution in [0.2, 0.25) is 0 Å². The molecule has 0 aliphatic carbocycles. The standard InChI is InChI=1S/C18H28FN3O.ClH/c1-18(5-6-20-13-18)14-22-9-7-21(8-10-22)12-15-3-4-17(23-2)16(19)11-15;/h3-4,11,20H,5-10,12-14H2,1-2H3;1H. The zero-order chi connectivity index (χ0) is 16.3. The van der Waals surface area contributed by atoms with Gasteiger partial charge in [-0.3, -0.25) is 4.90 Å². The molecule has 0 bridgehead atoms. The van der Waals surface area contributed by atoms with Crippen LogP contribution in [0, 0.1) is 11.2 Å². The molecule has 1 unspecified atom stereocenters. The monoisotopic (exact) mass is 357 g/mol. The van der Waals surface area contributed by atoms with Gasteiger partial charge in [-0.25, -0.2) is 4.39 Å². The van der Waals surface area contributed by atoms with E-state index in [0.29, 0.717) is 11.2 Å². The Hall–Kier alpha value is -0.880. The van der Waals surface area contributed by atoms with Crippen LogP contribution in [0.3, 0.4) is 0 Å². The summed E-state index contributed by atoms with van der Waals surface area (Å²) in [6.07, 6.45) is 1.28. The number of piperazine rings is 1. The van der Waals surface area contributed by atoms with Gasteiger partial charge in [-0.1, -0.05) is 13.0 Å². The molecular weight excluding hydrogens is 329 g/mol. The summed E-state index contributed by atoms with van der Waals surface area (Å²) in [6, 6.07) is 5.27. The van der Waals surface area contributed by atoms with E-state index in [4.69, 9.17) is 4.74 Å². The lowest BCUT2D eigenvalue weighted by atomic mass is 9.89. The average molecular weight is 358 g/mol. The number of nitrogens with zero attached hydrogens (tertiary/aromatic N) is 2. The van der Waals surface area contributed by atoms with Crippen molar-refractivity contribution >= 4 is 12.4 Å². The molecule has 6 heteroatoms. The summed E-state index contributed by atoms with van der Waals surface area (Å²) in [6.45, 7) is 11.0. The third-order valence-electron chi connectivity index (χ3n) is 5.15. The van der Waals surface area contributed by atoms with Gasteiger partial charge < -0.3 is 15.0 Å². The molecule has 0 spiro atoms. The lowest BCUT2D eigenvalue weighted by Crippen LogP contribution is -2.49. The Labute approximate surface area is 150 Å². The minimum absolute atomic E-state index is 0. The number of rotatable bonds is 5. The van der Waals surface area contributed by atoms with Gasteiger partial charge in [0.25, 0.3) is 0 Å². The van der Waals surface area contributed by atoms with Gasteiger partial charge in [0.05, 0.1) is 7.11 Å². The van der Waals surface area contributed by atoms with E-state index in [9.17, 15) is 4.39 Å². The normalized spacial score (nSPS) is 25.5. The predicted octanol–water partition coefficient (Wildman–Crippen LogP) is 2.37. The van der Waals surface area contributed by atoms with Crippen molar-refractivity contribution in [1.29, 1.82) is 0 Å². The molecule has 2 fully saturated rings.